The van der Waals surface area contributed by atoms with Crippen LogP contribution < -0.4 is 11.1 Å². The quantitative estimate of drug-likeness (QED) is 0.653. The number of carbonyl (C=O) groups excluding carboxylic acids is 2. The van der Waals surface area contributed by atoms with Crippen molar-refractivity contribution >= 4 is 11.8 Å². The highest BCUT2D eigenvalue weighted by atomic mass is 19.4. The van der Waals surface area contributed by atoms with Gasteiger partial charge in [0.25, 0.3) is 0 Å². The lowest BCUT2D eigenvalue weighted by atomic mass is 9.97. The minimum Gasteiger partial charge on any atom is -0.382 e. The highest BCUT2D eigenvalue weighted by molar-refractivity contribution is 5.90. The molecule has 9 heteroatoms. The van der Waals surface area contributed by atoms with Crippen LogP contribution in [0.4, 0.5) is 13.2 Å². The number of halogens is 3. The lowest BCUT2D eigenvalue weighted by molar-refractivity contribution is -0.215. The first-order valence-corrected chi connectivity index (χ1v) is 8.49. The van der Waals surface area contributed by atoms with Crippen LogP contribution in [-0.4, -0.2) is 58.8 Å². The van der Waals surface area contributed by atoms with Crippen molar-refractivity contribution in [1.29, 1.82) is 0 Å². The summed E-state index contributed by atoms with van der Waals surface area (Å²) in [6.45, 7) is 6.86. The molecule has 0 aromatic rings. The van der Waals surface area contributed by atoms with Gasteiger partial charge >= 0.3 is 6.18 Å². The van der Waals surface area contributed by atoms with Crippen LogP contribution in [0.25, 0.3) is 0 Å². The largest absolute Gasteiger partial charge is 0.416 e. The Kier molecular flexibility index (Phi) is 7.25. The van der Waals surface area contributed by atoms with E-state index >= 15 is 0 Å². The molecule has 1 rings (SSSR count). The van der Waals surface area contributed by atoms with Gasteiger partial charge in [0.1, 0.15) is 6.04 Å². The van der Waals surface area contributed by atoms with Crippen molar-refractivity contribution in [3.8, 4) is 0 Å². The first-order valence-electron chi connectivity index (χ1n) is 8.49. The number of hydrogen-bond donors (Lipinski definition) is 3. The van der Waals surface area contributed by atoms with Crippen molar-refractivity contribution in [1.82, 2.24) is 10.2 Å². The minimum absolute atomic E-state index is 0.118. The molecule has 0 aliphatic carbocycles. The third kappa shape index (κ3) is 5.31. The Morgan fingerprint density at radius 1 is 1.20 bits per heavy atom. The SMILES string of the molecule is CC(C)C(N)C(=O)N1CCCC1C(=O)NC(C(C)C)[C@@H](O)C(F)(F)F. The number of hydrogen-bond acceptors (Lipinski definition) is 4. The fourth-order valence-electron chi connectivity index (χ4n) is 2.85. The molecule has 1 saturated heterocycles. The van der Waals surface area contributed by atoms with Gasteiger partial charge in [-0.15, -0.1) is 0 Å². The molecule has 0 aromatic carbocycles. The smallest absolute Gasteiger partial charge is 0.382 e. The van der Waals surface area contributed by atoms with Crippen LogP contribution in [-0.2, 0) is 9.59 Å². The summed E-state index contributed by atoms with van der Waals surface area (Å²) in [5, 5.41) is 11.8. The average molecular weight is 367 g/mol. The van der Waals surface area contributed by atoms with Gasteiger partial charge in [-0.3, -0.25) is 9.59 Å². The van der Waals surface area contributed by atoms with Gasteiger partial charge in [0.15, 0.2) is 6.10 Å². The summed E-state index contributed by atoms with van der Waals surface area (Å²) in [5.41, 5.74) is 5.85. The van der Waals surface area contributed by atoms with E-state index in [0.717, 1.165) is 0 Å². The number of carbonyl (C=O) groups is 2. The molecule has 1 fully saturated rings. The molecule has 0 aromatic heterocycles. The van der Waals surface area contributed by atoms with E-state index in [4.69, 9.17) is 5.73 Å². The number of aliphatic hydroxyl groups is 1. The van der Waals surface area contributed by atoms with Gasteiger partial charge in [-0.25, -0.2) is 0 Å². The summed E-state index contributed by atoms with van der Waals surface area (Å²) in [6.07, 6.45) is -6.58. The fraction of sp³-hybridized carbons (Fsp3) is 0.875. The molecule has 0 radical (unpaired) electrons. The third-order valence-electron chi connectivity index (χ3n) is 4.54. The van der Waals surface area contributed by atoms with Crippen LogP contribution in [0.2, 0.25) is 0 Å². The maximum Gasteiger partial charge on any atom is 0.416 e. The molecule has 0 bridgehead atoms. The summed E-state index contributed by atoms with van der Waals surface area (Å²) in [6, 6.07) is -3.11. The standard InChI is InChI=1S/C16H28F3N3O3/c1-8(2)11(20)15(25)22-7-5-6-10(22)14(24)21-12(9(3)4)13(23)16(17,18)19/h8-13,23H,5-7,20H2,1-4H3,(H,21,24)/t10?,11?,12?,13-/m1/s1. The van der Waals surface area contributed by atoms with Crippen molar-refractivity contribution in [2.75, 3.05) is 6.54 Å². The van der Waals surface area contributed by atoms with Gasteiger partial charge < -0.3 is 21.1 Å². The van der Waals surface area contributed by atoms with Crippen LogP contribution in [0, 0.1) is 11.8 Å². The summed E-state index contributed by atoms with van der Waals surface area (Å²) in [5.74, 6) is -1.83. The van der Waals surface area contributed by atoms with Crippen molar-refractivity contribution in [3.05, 3.63) is 0 Å². The van der Waals surface area contributed by atoms with Gasteiger partial charge in [0.2, 0.25) is 11.8 Å². The molecule has 3 unspecified atom stereocenters. The first-order chi connectivity index (χ1) is 11.4. The molecule has 4 atom stereocenters. The Morgan fingerprint density at radius 2 is 1.76 bits per heavy atom. The van der Waals surface area contributed by atoms with Crippen LogP contribution >= 0.6 is 0 Å². The van der Waals surface area contributed by atoms with E-state index in [0.29, 0.717) is 19.4 Å². The molecule has 6 nitrogen and oxygen atoms in total. The zero-order valence-corrected chi connectivity index (χ0v) is 15.0. The monoisotopic (exact) mass is 367 g/mol. The van der Waals surface area contributed by atoms with Crippen molar-refractivity contribution in [3.63, 3.8) is 0 Å². The topological polar surface area (TPSA) is 95.7 Å². The Morgan fingerprint density at radius 3 is 2.20 bits per heavy atom. The molecule has 25 heavy (non-hydrogen) atoms. The van der Waals surface area contributed by atoms with E-state index in [1.165, 1.54) is 18.7 Å². The fourth-order valence-corrected chi connectivity index (χ4v) is 2.85. The Labute approximate surface area is 145 Å². The Hall–Kier alpha value is -1.35. The van der Waals surface area contributed by atoms with E-state index < -0.39 is 42.2 Å². The molecule has 0 saturated carbocycles. The second-order valence-electron chi connectivity index (χ2n) is 7.22. The van der Waals surface area contributed by atoms with Crippen LogP contribution in [0.3, 0.4) is 0 Å². The minimum atomic E-state index is -4.84. The molecule has 1 heterocycles. The van der Waals surface area contributed by atoms with E-state index in [-0.39, 0.29) is 11.8 Å². The lowest BCUT2D eigenvalue weighted by Crippen LogP contribution is -2.58. The lowest BCUT2D eigenvalue weighted by Gasteiger charge is -2.32. The second kappa shape index (κ2) is 8.35. The summed E-state index contributed by atoms with van der Waals surface area (Å²) >= 11 is 0. The van der Waals surface area contributed by atoms with Gasteiger partial charge in [-0.2, -0.15) is 13.2 Å². The van der Waals surface area contributed by atoms with Crippen LogP contribution in [0.1, 0.15) is 40.5 Å². The molecule has 0 spiro atoms. The van der Waals surface area contributed by atoms with Crippen molar-refractivity contribution < 1.29 is 27.9 Å². The van der Waals surface area contributed by atoms with Crippen molar-refractivity contribution in [2.24, 2.45) is 17.6 Å². The Bertz CT molecular complexity index is 483. The molecule has 1 aliphatic heterocycles. The summed E-state index contributed by atoms with van der Waals surface area (Å²) in [4.78, 5) is 26.2. The summed E-state index contributed by atoms with van der Waals surface area (Å²) in [7, 11) is 0. The molecule has 146 valence electrons. The number of nitrogens with one attached hydrogen (secondary N) is 1. The van der Waals surface area contributed by atoms with Crippen LogP contribution in [0.15, 0.2) is 0 Å². The van der Waals surface area contributed by atoms with Gasteiger partial charge in [0.05, 0.1) is 12.1 Å². The predicted octanol–water partition coefficient (Wildman–Crippen LogP) is 1.02. The van der Waals surface area contributed by atoms with Gasteiger partial charge in [-0.05, 0) is 24.7 Å². The first kappa shape index (κ1) is 21.7. The molecular formula is C16H28F3N3O3. The third-order valence-corrected chi connectivity index (χ3v) is 4.54. The molecule has 1 aliphatic rings. The van der Waals surface area contributed by atoms with E-state index in [9.17, 15) is 27.9 Å². The zero-order chi connectivity index (χ0) is 19.5. The Balaban J connectivity index is 2.88. The molecular weight excluding hydrogens is 339 g/mol. The number of nitrogens with two attached hydrogens (primary N) is 1. The van der Waals surface area contributed by atoms with E-state index in [1.807, 2.05) is 0 Å². The predicted molar refractivity (Wildman–Crippen MR) is 86.4 cm³/mol. The normalized spacial score (nSPS) is 22.2. The number of alkyl halides is 3. The second-order valence-corrected chi connectivity index (χ2v) is 7.22. The number of nitrogens with zero attached hydrogens (tertiary/aromatic N) is 1. The maximum atomic E-state index is 12.8. The van der Waals surface area contributed by atoms with Gasteiger partial charge in [-0.1, -0.05) is 27.7 Å². The van der Waals surface area contributed by atoms with Gasteiger partial charge in [0, 0.05) is 6.54 Å². The number of rotatable bonds is 6. The molecule has 2 amide bonds. The number of aliphatic hydroxyl groups excluding tert-OH is 1. The molecule has 4 N–H and O–H groups in total. The number of amides is 2. The summed E-state index contributed by atoms with van der Waals surface area (Å²) < 4.78 is 38.4. The van der Waals surface area contributed by atoms with E-state index in [1.54, 1.807) is 13.8 Å². The zero-order valence-electron chi connectivity index (χ0n) is 15.0. The van der Waals surface area contributed by atoms with Crippen molar-refractivity contribution in [2.45, 2.75) is 70.9 Å². The number of likely N-dealkylation sites (tertiary alicyclic amines) is 1. The highest BCUT2D eigenvalue weighted by Crippen LogP contribution is 2.26. The maximum absolute atomic E-state index is 12.8. The average Bonchev–Trinajstić information content (AvgIpc) is 2.98. The van der Waals surface area contributed by atoms with E-state index in [2.05, 4.69) is 5.32 Å². The highest BCUT2D eigenvalue weighted by Gasteiger charge is 2.46. The van der Waals surface area contributed by atoms with Crippen LogP contribution in [0.5, 0.6) is 0 Å².